The highest BCUT2D eigenvalue weighted by Gasteiger charge is 2.23. The summed E-state index contributed by atoms with van der Waals surface area (Å²) in [4.78, 5) is 12.9. The first-order valence-corrected chi connectivity index (χ1v) is 8.91. The van der Waals surface area contributed by atoms with Gasteiger partial charge in [0.25, 0.3) is 0 Å². The van der Waals surface area contributed by atoms with Crippen molar-refractivity contribution in [2.24, 2.45) is 0 Å². The Kier molecular flexibility index (Phi) is 5.84. The number of benzene rings is 2. The molecule has 2 N–H and O–H groups in total. The van der Waals surface area contributed by atoms with Gasteiger partial charge in [-0.25, -0.2) is 0 Å². The lowest BCUT2D eigenvalue weighted by atomic mass is 10.0. The molecule has 1 aliphatic rings. The van der Waals surface area contributed by atoms with Gasteiger partial charge in [-0.2, -0.15) is 0 Å². The van der Waals surface area contributed by atoms with Crippen LogP contribution in [0.2, 0.25) is 0 Å². The fourth-order valence-electron chi connectivity index (χ4n) is 3.32. The van der Waals surface area contributed by atoms with Crippen molar-refractivity contribution in [1.82, 2.24) is 5.32 Å². The molecule has 0 aliphatic carbocycles. The molecule has 4 nitrogen and oxygen atoms in total. The molecule has 2 aromatic rings. The number of ether oxygens (including phenoxy) is 1. The Bertz CT molecular complexity index is 689. The topological polar surface area (TPSA) is 50.4 Å². The van der Waals surface area contributed by atoms with Gasteiger partial charge >= 0.3 is 0 Å². The molecule has 4 heteroatoms. The summed E-state index contributed by atoms with van der Waals surface area (Å²) in [5.41, 5.74) is 4.07. The average Bonchev–Trinajstić information content (AvgIpc) is 3.08. The second-order valence-corrected chi connectivity index (χ2v) is 6.75. The predicted octanol–water partition coefficient (Wildman–Crippen LogP) is 3.75. The maximum absolute atomic E-state index is 12.9. The highest BCUT2D eigenvalue weighted by atomic mass is 16.5. The lowest BCUT2D eigenvalue weighted by molar-refractivity contribution is -0.118. The van der Waals surface area contributed by atoms with Crippen LogP contribution in [-0.2, 0) is 9.53 Å². The van der Waals surface area contributed by atoms with Crippen LogP contribution in [0.1, 0.15) is 35.6 Å². The van der Waals surface area contributed by atoms with Crippen molar-refractivity contribution in [2.45, 2.75) is 38.8 Å². The zero-order chi connectivity index (χ0) is 17.6. The smallest absolute Gasteiger partial charge is 0.246 e. The zero-order valence-electron chi connectivity index (χ0n) is 14.9. The van der Waals surface area contributed by atoms with Gasteiger partial charge in [-0.1, -0.05) is 36.4 Å². The molecular formula is C21H26N2O2. The van der Waals surface area contributed by atoms with E-state index < -0.39 is 6.04 Å². The number of hydrogen-bond donors (Lipinski definition) is 2. The molecule has 1 fully saturated rings. The Morgan fingerprint density at radius 1 is 1.16 bits per heavy atom. The van der Waals surface area contributed by atoms with Crippen LogP contribution < -0.4 is 10.6 Å². The summed E-state index contributed by atoms with van der Waals surface area (Å²) in [7, 11) is 0. The fraction of sp³-hybridized carbons (Fsp3) is 0.381. The lowest BCUT2D eigenvalue weighted by Crippen LogP contribution is -2.37. The molecule has 0 spiro atoms. The van der Waals surface area contributed by atoms with E-state index in [1.165, 1.54) is 0 Å². The molecule has 1 aliphatic heterocycles. The quantitative estimate of drug-likeness (QED) is 0.843. The van der Waals surface area contributed by atoms with Crippen LogP contribution in [0.15, 0.2) is 48.5 Å². The number of rotatable bonds is 6. The van der Waals surface area contributed by atoms with Gasteiger partial charge in [0, 0.05) is 18.8 Å². The summed E-state index contributed by atoms with van der Waals surface area (Å²) in [6.45, 7) is 5.57. The van der Waals surface area contributed by atoms with Crippen molar-refractivity contribution in [3.05, 3.63) is 65.2 Å². The largest absolute Gasteiger partial charge is 0.377 e. The third kappa shape index (κ3) is 4.91. The molecule has 0 saturated carbocycles. The molecule has 0 radical (unpaired) electrons. The molecule has 1 heterocycles. The molecule has 0 aromatic heterocycles. The minimum absolute atomic E-state index is 0.0470. The van der Waals surface area contributed by atoms with Crippen LogP contribution >= 0.6 is 0 Å². The van der Waals surface area contributed by atoms with Crippen molar-refractivity contribution in [3.63, 3.8) is 0 Å². The van der Waals surface area contributed by atoms with Crippen LogP contribution in [0.5, 0.6) is 0 Å². The van der Waals surface area contributed by atoms with Crippen LogP contribution in [0, 0.1) is 13.8 Å². The van der Waals surface area contributed by atoms with Gasteiger partial charge in [0.2, 0.25) is 5.91 Å². The number of anilines is 1. The van der Waals surface area contributed by atoms with Gasteiger partial charge in [-0.15, -0.1) is 0 Å². The number of carbonyl (C=O) groups excluding carboxylic acids is 1. The fourth-order valence-corrected chi connectivity index (χ4v) is 3.32. The van der Waals surface area contributed by atoms with Gasteiger partial charge in [0.15, 0.2) is 0 Å². The van der Waals surface area contributed by atoms with Gasteiger partial charge in [-0.3, -0.25) is 10.1 Å². The van der Waals surface area contributed by atoms with E-state index in [2.05, 4.69) is 16.7 Å². The SMILES string of the molecule is Cc1cc(C)cc(NC(=O)[C@@H](NC[C@@H]2CCCO2)c2ccccc2)c1. The Morgan fingerprint density at radius 2 is 1.88 bits per heavy atom. The molecular weight excluding hydrogens is 312 g/mol. The Labute approximate surface area is 149 Å². The number of hydrogen-bond acceptors (Lipinski definition) is 3. The summed E-state index contributed by atoms with van der Waals surface area (Å²) < 4.78 is 5.67. The van der Waals surface area contributed by atoms with E-state index in [-0.39, 0.29) is 12.0 Å². The van der Waals surface area contributed by atoms with E-state index in [1.807, 2.05) is 56.3 Å². The summed E-state index contributed by atoms with van der Waals surface area (Å²) in [6.07, 6.45) is 2.34. The third-order valence-corrected chi connectivity index (χ3v) is 4.46. The molecule has 1 saturated heterocycles. The minimum atomic E-state index is -0.397. The summed E-state index contributed by atoms with van der Waals surface area (Å²) >= 11 is 0. The number of carbonyl (C=O) groups is 1. The van der Waals surface area contributed by atoms with Crippen LogP contribution in [0.4, 0.5) is 5.69 Å². The van der Waals surface area contributed by atoms with Crippen molar-refractivity contribution in [1.29, 1.82) is 0 Å². The highest BCUT2D eigenvalue weighted by Crippen LogP contribution is 2.19. The van der Waals surface area contributed by atoms with Gasteiger partial charge in [0.05, 0.1) is 6.10 Å². The second kappa shape index (κ2) is 8.28. The average molecular weight is 338 g/mol. The summed E-state index contributed by atoms with van der Waals surface area (Å²) in [5.74, 6) is -0.0470. The Balaban J connectivity index is 1.73. The van der Waals surface area contributed by atoms with Crippen molar-refractivity contribution in [2.75, 3.05) is 18.5 Å². The third-order valence-electron chi connectivity index (χ3n) is 4.46. The predicted molar refractivity (Wildman–Crippen MR) is 101 cm³/mol. The molecule has 132 valence electrons. The van der Waals surface area contributed by atoms with Crippen molar-refractivity contribution in [3.8, 4) is 0 Å². The Morgan fingerprint density at radius 3 is 2.52 bits per heavy atom. The molecule has 3 rings (SSSR count). The lowest BCUT2D eigenvalue weighted by Gasteiger charge is -2.21. The van der Waals surface area contributed by atoms with E-state index >= 15 is 0 Å². The first-order chi connectivity index (χ1) is 12.1. The van der Waals surface area contributed by atoms with Crippen LogP contribution in [-0.4, -0.2) is 25.2 Å². The van der Waals surface area contributed by atoms with Gasteiger partial charge in [-0.05, 0) is 55.5 Å². The minimum Gasteiger partial charge on any atom is -0.377 e. The number of aryl methyl sites for hydroxylation is 2. The van der Waals surface area contributed by atoms with Gasteiger partial charge in [0.1, 0.15) is 6.04 Å². The van der Waals surface area contributed by atoms with E-state index in [9.17, 15) is 4.79 Å². The number of nitrogens with one attached hydrogen (secondary N) is 2. The maximum Gasteiger partial charge on any atom is 0.246 e. The zero-order valence-corrected chi connectivity index (χ0v) is 14.9. The monoisotopic (exact) mass is 338 g/mol. The van der Waals surface area contributed by atoms with Crippen molar-refractivity contribution >= 4 is 11.6 Å². The Hall–Kier alpha value is -2.17. The first-order valence-electron chi connectivity index (χ1n) is 8.91. The second-order valence-electron chi connectivity index (χ2n) is 6.75. The molecule has 1 amide bonds. The standard InChI is InChI=1S/C21H26N2O2/c1-15-11-16(2)13-18(12-15)23-21(24)20(17-7-4-3-5-8-17)22-14-19-9-6-10-25-19/h3-5,7-8,11-13,19-20,22H,6,9-10,14H2,1-2H3,(H,23,24)/t19-,20-/m0/s1. The first kappa shape index (κ1) is 17.6. The normalized spacial score (nSPS) is 18.1. The molecule has 0 unspecified atom stereocenters. The summed E-state index contributed by atoms with van der Waals surface area (Å²) in [5, 5.41) is 6.45. The van der Waals surface area contributed by atoms with E-state index in [0.29, 0.717) is 6.54 Å². The maximum atomic E-state index is 12.9. The van der Waals surface area contributed by atoms with Gasteiger partial charge < -0.3 is 10.1 Å². The molecule has 25 heavy (non-hydrogen) atoms. The highest BCUT2D eigenvalue weighted by molar-refractivity contribution is 5.95. The molecule has 2 atom stereocenters. The van der Waals surface area contributed by atoms with Crippen molar-refractivity contribution < 1.29 is 9.53 Å². The van der Waals surface area contributed by atoms with E-state index in [0.717, 1.165) is 41.8 Å². The van der Waals surface area contributed by atoms with E-state index in [4.69, 9.17) is 4.74 Å². The van der Waals surface area contributed by atoms with Crippen LogP contribution in [0.3, 0.4) is 0 Å². The van der Waals surface area contributed by atoms with E-state index in [1.54, 1.807) is 0 Å². The molecule has 0 bridgehead atoms. The summed E-state index contributed by atoms with van der Waals surface area (Å²) in [6, 6.07) is 15.5. The van der Waals surface area contributed by atoms with Crippen LogP contribution in [0.25, 0.3) is 0 Å². The molecule has 2 aromatic carbocycles. The number of amides is 1.